The highest BCUT2D eigenvalue weighted by atomic mass is 15.1. The summed E-state index contributed by atoms with van der Waals surface area (Å²) in [6.45, 7) is 0. The van der Waals surface area contributed by atoms with Crippen LogP contribution in [0, 0.1) is 0 Å². The van der Waals surface area contributed by atoms with Gasteiger partial charge in [-0.3, -0.25) is 0 Å². The molecule has 10 aromatic rings. The summed E-state index contributed by atoms with van der Waals surface area (Å²) in [6.07, 6.45) is 0. The molecule has 1 nitrogen and oxygen atoms in total. The predicted molar refractivity (Wildman–Crippen MR) is 227 cm³/mol. The lowest BCUT2D eigenvalue weighted by Gasteiger charge is -2.28. The largest absolute Gasteiger partial charge is 0.310 e. The van der Waals surface area contributed by atoms with Crippen molar-refractivity contribution in [2.45, 2.75) is 0 Å². The molecule has 10 rings (SSSR count). The van der Waals surface area contributed by atoms with Crippen LogP contribution in [0.2, 0.25) is 0 Å². The molecule has 248 valence electrons. The summed E-state index contributed by atoms with van der Waals surface area (Å²) in [7, 11) is 0. The van der Waals surface area contributed by atoms with E-state index in [1.807, 2.05) is 0 Å². The fourth-order valence-electron chi connectivity index (χ4n) is 8.15. The lowest BCUT2D eigenvalue weighted by molar-refractivity contribution is 1.30. The van der Waals surface area contributed by atoms with E-state index in [1.165, 1.54) is 76.5 Å². The first-order valence-corrected chi connectivity index (χ1v) is 18.3. The van der Waals surface area contributed by atoms with Gasteiger partial charge in [0.25, 0.3) is 0 Å². The Balaban J connectivity index is 1.18. The van der Waals surface area contributed by atoms with E-state index in [4.69, 9.17) is 0 Å². The molecule has 0 N–H and O–H groups in total. The first-order chi connectivity index (χ1) is 26.3. The van der Waals surface area contributed by atoms with Crippen LogP contribution in [0.4, 0.5) is 17.1 Å². The highest BCUT2D eigenvalue weighted by Gasteiger charge is 2.19. The van der Waals surface area contributed by atoms with Crippen molar-refractivity contribution in [3.8, 4) is 33.4 Å². The van der Waals surface area contributed by atoms with Gasteiger partial charge in [-0.25, -0.2) is 0 Å². The highest BCUT2D eigenvalue weighted by molar-refractivity contribution is 6.16. The number of fused-ring (bicyclic) bond motifs is 6. The molecule has 0 atom stereocenters. The maximum Gasteiger partial charge on any atom is 0.0546 e. The van der Waals surface area contributed by atoms with Crippen molar-refractivity contribution in [1.82, 2.24) is 0 Å². The summed E-state index contributed by atoms with van der Waals surface area (Å²) in [4.78, 5) is 2.44. The van der Waals surface area contributed by atoms with Crippen molar-refractivity contribution in [2.24, 2.45) is 0 Å². The van der Waals surface area contributed by atoms with Crippen molar-refractivity contribution in [3.05, 3.63) is 212 Å². The summed E-state index contributed by atoms with van der Waals surface area (Å²) in [5, 5.41) is 9.99. The number of anilines is 3. The van der Waals surface area contributed by atoms with Crippen molar-refractivity contribution < 1.29 is 0 Å². The normalized spacial score (nSPS) is 11.4. The first-order valence-electron chi connectivity index (χ1n) is 18.3. The van der Waals surface area contributed by atoms with Gasteiger partial charge in [0.2, 0.25) is 0 Å². The van der Waals surface area contributed by atoms with Crippen LogP contribution in [0.5, 0.6) is 0 Å². The quantitative estimate of drug-likeness (QED) is 0.159. The average molecular weight is 674 g/mol. The number of hydrogen-bond donors (Lipinski definition) is 0. The van der Waals surface area contributed by atoms with Crippen LogP contribution in [0.15, 0.2) is 212 Å². The minimum absolute atomic E-state index is 1.10. The van der Waals surface area contributed by atoms with Crippen molar-refractivity contribution >= 4 is 60.2 Å². The van der Waals surface area contributed by atoms with Gasteiger partial charge in [-0.05, 0) is 107 Å². The topological polar surface area (TPSA) is 3.24 Å². The number of rotatable bonds is 6. The van der Waals surface area contributed by atoms with E-state index in [-0.39, 0.29) is 0 Å². The molecule has 10 aromatic carbocycles. The Morgan fingerprint density at radius 3 is 1.42 bits per heavy atom. The van der Waals surface area contributed by atoms with Gasteiger partial charge >= 0.3 is 0 Å². The smallest absolute Gasteiger partial charge is 0.0546 e. The van der Waals surface area contributed by atoms with Gasteiger partial charge in [-0.15, -0.1) is 0 Å². The third-order valence-electron chi connectivity index (χ3n) is 10.6. The minimum atomic E-state index is 1.10. The molecule has 0 unspecified atom stereocenters. The molecule has 0 spiro atoms. The minimum Gasteiger partial charge on any atom is -0.310 e. The molecule has 0 fully saturated rings. The van der Waals surface area contributed by atoms with Gasteiger partial charge in [0, 0.05) is 16.8 Å². The highest BCUT2D eigenvalue weighted by Crippen LogP contribution is 2.44. The molecular formula is C52H35N. The van der Waals surface area contributed by atoms with E-state index >= 15 is 0 Å². The molecule has 0 aliphatic carbocycles. The Labute approximate surface area is 309 Å². The predicted octanol–water partition coefficient (Wildman–Crippen LogP) is 14.8. The summed E-state index contributed by atoms with van der Waals surface area (Å²) in [5.41, 5.74) is 10.6. The Bertz CT molecular complexity index is 2940. The third kappa shape index (κ3) is 5.42. The van der Waals surface area contributed by atoms with E-state index in [0.717, 1.165) is 17.1 Å². The Morgan fingerprint density at radius 1 is 0.245 bits per heavy atom. The second-order valence-electron chi connectivity index (χ2n) is 13.7. The molecule has 0 saturated carbocycles. The van der Waals surface area contributed by atoms with E-state index < -0.39 is 0 Å². The van der Waals surface area contributed by atoms with Crippen LogP contribution in [0.25, 0.3) is 76.5 Å². The van der Waals surface area contributed by atoms with E-state index in [2.05, 4.69) is 217 Å². The lowest BCUT2D eigenvalue weighted by Crippen LogP contribution is -2.11. The molecular weight excluding hydrogens is 639 g/mol. The van der Waals surface area contributed by atoms with Gasteiger partial charge in [0.05, 0.1) is 5.69 Å². The maximum atomic E-state index is 2.44. The molecule has 0 aliphatic rings. The Hall–Kier alpha value is -6.96. The fourth-order valence-corrected chi connectivity index (χ4v) is 8.15. The number of benzene rings is 10. The Morgan fingerprint density at radius 2 is 0.736 bits per heavy atom. The second kappa shape index (κ2) is 13.0. The fraction of sp³-hybridized carbons (Fsp3) is 0. The number of nitrogens with zero attached hydrogens (tertiary/aromatic N) is 1. The molecule has 0 saturated heterocycles. The maximum absolute atomic E-state index is 2.44. The lowest BCUT2D eigenvalue weighted by atomic mass is 9.93. The van der Waals surface area contributed by atoms with E-state index in [9.17, 15) is 0 Å². The molecule has 0 aliphatic heterocycles. The monoisotopic (exact) mass is 673 g/mol. The van der Waals surface area contributed by atoms with Gasteiger partial charge in [0.1, 0.15) is 0 Å². The van der Waals surface area contributed by atoms with Crippen LogP contribution in [-0.2, 0) is 0 Å². The molecule has 53 heavy (non-hydrogen) atoms. The molecule has 0 aromatic heterocycles. The summed E-state index contributed by atoms with van der Waals surface area (Å²) < 4.78 is 0. The third-order valence-corrected chi connectivity index (χ3v) is 10.6. The zero-order valence-electron chi connectivity index (χ0n) is 29.2. The van der Waals surface area contributed by atoms with Crippen LogP contribution in [0.3, 0.4) is 0 Å². The SMILES string of the molecule is c1ccc(-c2ccccc2-c2ccc(N(c3cccc(-c4cc5ccccc5c5ccccc45)c3)c3cc4ccccc4c4ccccc34)cc2)cc1. The molecule has 0 amide bonds. The Kier molecular flexibility index (Phi) is 7.55. The average Bonchev–Trinajstić information content (AvgIpc) is 3.24. The summed E-state index contributed by atoms with van der Waals surface area (Å²) in [6, 6.07) is 77.3. The van der Waals surface area contributed by atoms with Crippen molar-refractivity contribution in [3.63, 3.8) is 0 Å². The molecule has 0 radical (unpaired) electrons. The second-order valence-corrected chi connectivity index (χ2v) is 13.7. The zero-order chi connectivity index (χ0) is 35.1. The van der Waals surface area contributed by atoms with Gasteiger partial charge in [0.15, 0.2) is 0 Å². The van der Waals surface area contributed by atoms with Crippen LogP contribution in [0.1, 0.15) is 0 Å². The zero-order valence-corrected chi connectivity index (χ0v) is 29.2. The van der Waals surface area contributed by atoms with Crippen LogP contribution in [-0.4, -0.2) is 0 Å². The molecule has 0 bridgehead atoms. The standard InChI is InChI=1S/C52H35N/c1-2-15-36(16-3-1)43-21-8-9-22-44(43)37-29-31-41(32-30-37)53(52-35-40-18-5-7-24-46(40)48-26-12-13-28-50(48)52)42-20-14-19-38(33-42)51-34-39-17-4-6-23-45(39)47-25-10-11-27-49(47)51/h1-35H. The summed E-state index contributed by atoms with van der Waals surface area (Å²) >= 11 is 0. The van der Waals surface area contributed by atoms with E-state index in [1.54, 1.807) is 0 Å². The van der Waals surface area contributed by atoms with Crippen LogP contribution >= 0.6 is 0 Å². The van der Waals surface area contributed by atoms with Crippen molar-refractivity contribution in [2.75, 3.05) is 4.90 Å². The van der Waals surface area contributed by atoms with Crippen LogP contribution < -0.4 is 4.90 Å². The van der Waals surface area contributed by atoms with Gasteiger partial charge < -0.3 is 4.90 Å². The van der Waals surface area contributed by atoms with Crippen molar-refractivity contribution in [1.29, 1.82) is 0 Å². The molecule has 0 heterocycles. The molecule has 1 heteroatoms. The van der Waals surface area contributed by atoms with Gasteiger partial charge in [-0.2, -0.15) is 0 Å². The first kappa shape index (κ1) is 30.8. The van der Waals surface area contributed by atoms with Gasteiger partial charge in [-0.1, -0.05) is 176 Å². The van der Waals surface area contributed by atoms with E-state index in [0.29, 0.717) is 0 Å². The number of hydrogen-bond acceptors (Lipinski definition) is 1. The summed E-state index contributed by atoms with van der Waals surface area (Å²) in [5.74, 6) is 0.